The molecule has 1 saturated carbocycles. The van der Waals surface area contributed by atoms with Gasteiger partial charge in [-0.2, -0.15) is 0 Å². The lowest BCUT2D eigenvalue weighted by atomic mass is 9.89. The van der Waals surface area contributed by atoms with Gasteiger partial charge >= 0.3 is 0 Å². The van der Waals surface area contributed by atoms with Gasteiger partial charge in [0.25, 0.3) is 0 Å². The van der Waals surface area contributed by atoms with Crippen LogP contribution in [-0.4, -0.2) is 45.1 Å². The van der Waals surface area contributed by atoms with Gasteiger partial charge < -0.3 is 20.1 Å². The smallest absolute Gasteiger partial charge is 0.240 e. The molecule has 0 radical (unpaired) electrons. The number of aromatic nitrogens is 3. The van der Waals surface area contributed by atoms with Crippen molar-refractivity contribution < 1.29 is 4.79 Å². The Balaban J connectivity index is 0.00000190. The molecule has 1 aliphatic carbocycles. The van der Waals surface area contributed by atoms with Crippen LogP contribution in [0.4, 0.5) is 5.69 Å². The van der Waals surface area contributed by atoms with Gasteiger partial charge in [0, 0.05) is 42.8 Å². The zero-order valence-electron chi connectivity index (χ0n) is 21.9. The average molecular weight is 548 g/mol. The van der Waals surface area contributed by atoms with Crippen molar-refractivity contribution >= 4 is 47.4 Å². The maximum absolute atomic E-state index is 13.0. The molecule has 1 saturated heterocycles. The standard InChI is InChI=1S/C28H38N6O.2ClH/c1-21-8-9-25-24(18-21)32-26(34(25)20-27(35)31-22-6-4-3-5-7-22)19-30-28(2)12-16-33(17-13-28)23-10-14-29-15-11-23;;/h8-11,14-15,18,22,30H,3-7,12-13,16-17,19-20H2,1-2H3,(H,31,35);2*1H. The SMILES string of the molecule is Cc1ccc2c(c1)nc(CNC1(C)CCN(c3ccncc3)CC1)n2CC(=O)NC1CCCCC1.Cl.Cl. The van der Waals surface area contributed by atoms with E-state index in [9.17, 15) is 4.79 Å². The Hall–Kier alpha value is -2.35. The first-order valence-corrected chi connectivity index (χ1v) is 13.1. The van der Waals surface area contributed by atoms with E-state index in [-0.39, 0.29) is 36.3 Å². The van der Waals surface area contributed by atoms with Gasteiger partial charge in [-0.1, -0.05) is 25.3 Å². The number of benzene rings is 1. The fourth-order valence-corrected chi connectivity index (χ4v) is 5.55. The Labute approximate surface area is 232 Å². The largest absolute Gasteiger partial charge is 0.371 e. The number of anilines is 1. The first kappa shape index (κ1) is 29.2. The monoisotopic (exact) mass is 546 g/mol. The summed E-state index contributed by atoms with van der Waals surface area (Å²) in [5.41, 5.74) is 4.45. The van der Waals surface area contributed by atoms with Gasteiger partial charge in [-0.05, 0) is 69.4 Å². The lowest BCUT2D eigenvalue weighted by Gasteiger charge is -2.41. The topological polar surface area (TPSA) is 75.1 Å². The number of rotatable bonds is 7. The van der Waals surface area contributed by atoms with Crippen LogP contribution >= 0.6 is 24.8 Å². The summed E-state index contributed by atoms with van der Waals surface area (Å²) in [6, 6.07) is 10.8. The predicted molar refractivity (Wildman–Crippen MR) is 155 cm³/mol. The molecule has 1 amide bonds. The second kappa shape index (κ2) is 12.9. The Morgan fingerprint density at radius 1 is 1.05 bits per heavy atom. The van der Waals surface area contributed by atoms with Gasteiger partial charge in [0.2, 0.25) is 5.91 Å². The van der Waals surface area contributed by atoms with Gasteiger partial charge in [0.05, 0.1) is 17.6 Å². The van der Waals surface area contributed by atoms with Crippen LogP contribution in [0.25, 0.3) is 11.0 Å². The molecule has 3 aromatic rings. The van der Waals surface area contributed by atoms with Crippen LogP contribution in [-0.2, 0) is 17.9 Å². The van der Waals surface area contributed by atoms with Crippen LogP contribution in [0.1, 0.15) is 63.3 Å². The van der Waals surface area contributed by atoms with E-state index in [0.29, 0.717) is 19.1 Å². The number of halogens is 2. The Bertz CT molecular complexity index is 1150. The third-order valence-electron chi connectivity index (χ3n) is 7.82. The summed E-state index contributed by atoms with van der Waals surface area (Å²) >= 11 is 0. The number of nitrogens with zero attached hydrogens (tertiary/aromatic N) is 4. The van der Waals surface area contributed by atoms with Crippen LogP contribution in [0.5, 0.6) is 0 Å². The fourth-order valence-electron chi connectivity index (χ4n) is 5.55. The number of piperidine rings is 1. The van der Waals surface area contributed by atoms with E-state index in [2.05, 4.69) is 69.3 Å². The van der Waals surface area contributed by atoms with Crippen LogP contribution in [0, 0.1) is 6.92 Å². The van der Waals surface area contributed by atoms with E-state index in [0.717, 1.165) is 55.6 Å². The summed E-state index contributed by atoms with van der Waals surface area (Å²) in [5, 5.41) is 7.08. The van der Waals surface area contributed by atoms with E-state index in [4.69, 9.17) is 4.98 Å². The van der Waals surface area contributed by atoms with Crippen LogP contribution < -0.4 is 15.5 Å². The second-order valence-electron chi connectivity index (χ2n) is 10.6. The number of carbonyl (C=O) groups excluding carboxylic acids is 1. The van der Waals surface area contributed by atoms with Gasteiger partial charge in [-0.15, -0.1) is 24.8 Å². The Kier molecular flexibility index (Phi) is 10.2. The second-order valence-corrected chi connectivity index (χ2v) is 10.6. The maximum Gasteiger partial charge on any atom is 0.240 e. The highest BCUT2D eigenvalue weighted by Gasteiger charge is 2.30. The number of aryl methyl sites for hydroxylation is 1. The third kappa shape index (κ3) is 7.15. The van der Waals surface area contributed by atoms with Gasteiger partial charge in [-0.3, -0.25) is 9.78 Å². The van der Waals surface area contributed by atoms with Crippen LogP contribution in [0.15, 0.2) is 42.7 Å². The van der Waals surface area contributed by atoms with Gasteiger partial charge in [0.15, 0.2) is 0 Å². The summed E-state index contributed by atoms with van der Waals surface area (Å²) in [4.78, 5) is 24.5. The van der Waals surface area contributed by atoms with Crippen molar-refractivity contribution in [3.63, 3.8) is 0 Å². The van der Waals surface area contributed by atoms with E-state index >= 15 is 0 Å². The molecule has 7 nitrogen and oxygen atoms in total. The number of nitrogens with one attached hydrogen (secondary N) is 2. The molecule has 2 aliphatic rings. The average Bonchev–Trinajstić information content (AvgIpc) is 3.20. The van der Waals surface area contributed by atoms with Crippen molar-refractivity contribution in [3.8, 4) is 0 Å². The van der Waals surface area contributed by atoms with E-state index in [1.165, 1.54) is 30.5 Å². The van der Waals surface area contributed by atoms with Crippen molar-refractivity contribution in [1.82, 2.24) is 25.2 Å². The molecule has 2 N–H and O–H groups in total. The predicted octanol–water partition coefficient (Wildman–Crippen LogP) is 5.18. The first-order chi connectivity index (χ1) is 17.0. The molecular formula is C28H40Cl2N6O. The highest BCUT2D eigenvalue weighted by atomic mass is 35.5. The highest BCUT2D eigenvalue weighted by molar-refractivity contribution is 5.85. The van der Waals surface area contributed by atoms with Crippen molar-refractivity contribution in [2.45, 2.75) is 83.5 Å². The number of pyridine rings is 1. The number of imidazole rings is 1. The van der Waals surface area contributed by atoms with E-state index < -0.39 is 0 Å². The molecule has 202 valence electrons. The third-order valence-corrected chi connectivity index (χ3v) is 7.82. The molecule has 1 aliphatic heterocycles. The zero-order valence-corrected chi connectivity index (χ0v) is 23.5. The lowest BCUT2D eigenvalue weighted by Crippen LogP contribution is -2.51. The van der Waals surface area contributed by atoms with Crippen molar-refractivity contribution in [2.24, 2.45) is 0 Å². The molecule has 0 unspecified atom stereocenters. The minimum absolute atomic E-state index is 0. The summed E-state index contributed by atoms with van der Waals surface area (Å²) in [6.45, 7) is 7.38. The molecule has 2 fully saturated rings. The summed E-state index contributed by atoms with van der Waals surface area (Å²) < 4.78 is 2.11. The van der Waals surface area contributed by atoms with Gasteiger partial charge in [-0.25, -0.2) is 4.98 Å². The van der Waals surface area contributed by atoms with E-state index in [1.54, 1.807) is 0 Å². The molecule has 2 aromatic heterocycles. The lowest BCUT2D eigenvalue weighted by molar-refractivity contribution is -0.122. The minimum atomic E-state index is 0. The summed E-state index contributed by atoms with van der Waals surface area (Å²) in [6.07, 6.45) is 11.7. The first-order valence-electron chi connectivity index (χ1n) is 13.1. The van der Waals surface area contributed by atoms with Crippen LogP contribution in [0.2, 0.25) is 0 Å². The quantitative estimate of drug-likeness (QED) is 0.427. The molecule has 5 rings (SSSR count). The maximum atomic E-state index is 13.0. The molecular weight excluding hydrogens is 507 g/mol. The molecule has 0 spiro atoms. The minimum Gasteiger partial charge on any atom is -0.371 e. The van der Waals surface area contributed by atoms with Crippen LogP contribution in [0.3, 0.4) is 0 Å². The highest BCUT2D eigenvalue weighted by Crippen LogP contribution is 2.27. The summed E-state index contributed by atoms with van der Waals surface area (Å²) in [5.74, 6) is 1.03. The van der Waals surface area contributed by atoms with Crippen molar-refractivity contribution in [2.75, 3.05) is 18.0 Å². The number of hydrogen-bond acceptors (Lipinski definition) is 5. The fraction of sp³-hybridized carbons (Fsp3) is 0.536. The molecule has 1 aromatic carbocycles. The molecule has 0 atom stereocenters. The van der Waals surface area contributed by atoms with Gasteiger partial charge in [0.1, 0.15) is 12.4 Å². The zero-order chi connectivity index (χ0) is 24.3. The molecule has 37 heavy (non-hydrogen) atoms. The number of carbonyl (C=O) groups is 1. The number of fused-ring (bicyclic) bond motifs is 1. The van der Waals surface area contributed by atoms with Crippen molar-refractivity contribution in [1.29, 1.82) is 0 Å². The molecule has 0 bridgehead atoms. The number of amides is 1. The summed E-state index contributed by atoms with van der Waals surface area (Å²) in [7, 11) is 0. The molecule has 3 heterocycles. The number of hydrogen-bond donors (Lipinski definition) is 2. The van der Waals surface area contributed by atoms with E-state index in [1.807, 2.05) is 12.4 Å². The normalized spacial score (nSPS) is 17.6. The Morgan fingerprint density at radius 2 is 1.76 bits per heavy atom. The molecule has 9 heteroatoms. The van der Waals surface area contributed by atoms with Crippen molar-refractivity contribution in [3.05, 3.63) is 54.1 Å². The Morgan fingerprint density at radius 3 is 2.46 bits per heavy atom.